The first-order chi connectivity index (χ1) is 9.20. The van der Waals surface area contributed by atoms with E-state index in [1.165, 1.54) is 16.9 Å². The predicted molar refractivity (Wildman–Crippen MR) is 86.5 cm³/mol. The molecule has 3 N–H and O–H groups in total. The van der Waals surface area contributed by atoms with E-state index in [0.717, 1.165) is 11.3 Å². The molecule has 2 rings (SSSR count). The highest BCUT2D eigenvalue weighted by Gasteiger charge is 2.08. The molecule has 0 aliphatic carbocycles. The highest BCUT2D eigenvalue weighted by Crippen LogP contribution is 2.27. The molecule has 0 spiro atoms. The van der Waals surface area contributed by atoms with Crippen LogP contribution in [0.4, 0.5) is 5.13 Å². The number of aryl methyl sites for hydroxylation is 1. The maximum atomic E-state index is 11.6. The molecule has 0 aliphatic heterocycles. The van der Waals surface area contributed by atoms with Crippen LogP contribution in [0, 0.1) is 6.92 Å². The Bertz CT molecular complexity index is 571. The molecule has 0 radical (unpaired) electrons. The molecule has 4 nitrogen and oxygen atoms in total. The number of anilines is 1. The van der Waals surface area contributed by atoms with Gasteiger partial charge in [0.1, 0.15) is 0 Å². The van der Waals surface area contributed by atoms with Crippen LogP contribution >= 0.6 is 23.7 Å². The summed E-state index contributed by atoms with van der Waals surface area (Å²) in [7, 11) is 0. The summed E-state index contributed by atoms with van der Waals surface area (Å²) < 4.78 is 0. The summed E-state index contributed by atoms with van der Waals surface area (Å²) in [5.74, 6) is -0.0314. The highest BCUT2D eigenvalue weighted by molar-refractivity contribution is 7.14. The fraction of sp³-hybridized carbons (Fsp3) is 0.286. The average Bonchev–Trinajstić information content (AvgIpc) is 2.85. The summed E-state index contributed by atoms with van der Waals surface area (Å²) in [6, 6.07) is 8.07. The van der Waals surface area contributed by atoms with Gasteiger partial charge in [0, 0.05) is 17.4 Å². The van der Waals surface area contributed by atoms with Crippen molar-refractivity contribution in [2.45, 2.75) is 19.8 Å². The summed E-state index contributed by atoms with van der Waals surface area (Å²) in [4.78, 5) is 16.0. The van der Waals surface area contributed by atoms with Gasteiger partial charge in [-0.05, 0) is 25.5 Å². The third-order valence-corrected chi connectivity index (χ3v) is 3.54. The Balaban J connectivity index is 0.00000200. The van der Waals surface area contributed by atoms with Crippen molar-refractivity contribution in [2.75, 3.05) is 11.9 Å². The van der Waals surface area contributed by atoms with Crippen LogP contribution in [0.5, 0.6) is 0 Å². The van der Waals surface area contributed by atoms with E-state index in [2.05, 4.69) is 10.3 Å². The van der Waals surface area contributed by atoms with E-state index >= 15 is 0 Å². The number of nitrogens with two attached hydrogens (primary N) is 1. The zero-order chi connectivity index (χ0) is 13.7. The second-order valence-corrected chi connectivity index (χ2v) is 5.15. The molecule has 1 aromatic carbocycles. The van der Waals surface area contributed by atoms with Crippen LogP contribution in [0.25, 0.3) is 11.3 Å². The van der Waals surface area contributed by atoms with E-state index in [1.54, 1.807) is 0 Å². The predicted octanol–water partition coefficient (Wildman–Crippen LogP) is 3.22. The Morgan fingerprint density at radius 1 is 1.40 bits per heavy atom. The average molecular weight is 312 g/mol. The Labute approximate surface area is 128 Å². The molecular weight excluding hydrogens is 294 g/mol. The number of nitrogens with one attached hydrogen (secondary N) is 1. The summed E-state index contributed by atoms with van der Waals surface area (Å²) in [6.07, 6.45) is 1.14. The summed E-state index contributed by atoms with van der Waals surface area (Å²) in [5, 5.41) is 5.40. The first-order valence-corrected chi connectivity index (χ1v) is 7.10. The Hall–Kier alpha value is -1.43. The lowest BCUT2D eigenvalue weighted by Gasteiger charge is -2.01. The van der Waals surface area contributed by atoms with Gasteiger partial charge >= 0.3 is 0 Å². The number of benzene rings is 1. The molecule has 0 saturated carbocycles. The molecule has 0 unspecified atom stereocenters. The number of carbonyl (C=O) groups is 1. The van der Waals surface area contributed by atoms with Gasteiger partial charge in [-0.15, -0.1) is 23.7 Å². The summed E-state index contributed by atoms with van der Waals surface area (Å²) >= 11 is 1.44. The van der Waals surface area contributed by atoms with E-state index in [-0.39, 0.29) is 18.3 Å². The maximum absolute atomic E-state index is 11.6. The number of thiazole rings is 1. The normalized spacial score (nSPS) is 9.90. The van der Waals surface area contributed by atoms with Gasteiger partial charge in [0.15, 0.2) is 5.13 Å². The molecule has 2 aromatic rings. The van der Waals surface area contributed by atoms with Crippen LogP contribution in [0.15, 0.2) is 29.6 Å². The van der Waals surface area contributed by atoms with Crippen molar-refractivity contribution in [3.8, 4) is 11.3 Å². The number of nitrogens with zero attached hydrogens (tertiary/aromatic N) is 1. The number of amides is 1. The number of hydrogen-bond donors (Lipinski definition) is 2. The van der Waals surface area contributed by atoms with Gasteiger partial charge in [-0.2, -0.15) is 0 Å². The minimum absolute atomic E-state index is 0. The molecule has 1 heterocycles. The van der Waals surface area contributed by atoms with E-state index in [9.17, 15) is 4.79 Å². The zero-order valence-corrected chi connectivity index (χ0v) is 12.9. The molecule has 1 amide bonds. The van der Waals surface area contributed by atoms with Gasteiger partial charge in [0.25, 0.3) is 0 Å². The van der Waals surface area contributed by atoms with Crippen molar-refractivity contribution in [2.24, 2.45) is 5.73 Å². The van der Waals surface area contributed by atoms with Gasteiger partial charge in [-0.3, -0.25) is 4.79 Å². The monoisotopic (exact) mass is 311 g/mol. The molecule has 108 valence electrons. The van der Waals surface area contributed by atoms with Crippen molar-refractivity contribution in [3.05, 3.63) is 35.2 Å². The second kappa shape index (κ2) is 7.99. The molecule has 0 aliphatic rings. The van der Waals surface area contributed by atoms with Crippen molar-refractivity contribution < 1.29 is 4.79 Å². The number of aromatic nitrogens is 1. The van der Waals surface area contributed by atoms with Gasteiger partial charge in [-0.1, -0.05) is 24.3 Å². The third kappa shape index (κ3) is 4.30. The van der Waals surface area contributed by atoms with Crippen LogP contribution in [-0.2, 0) is 4.79 Å². The highest BCUT2D eigenvalue weighted by atomic mass is 35.5. The molecule has 0 bridgehead atoms. The lowest BCUT2D eigenvalue weighted by Crippen LogP contribution is -2.13. The van der Waals surface area contributed by atoms with Gasteiger partial charge in [0.05, 0.1) is 5.69 Å². The minimum Gasteiger partial charge on any atom is -0.330 e. The van der Waals surface area contributed by atoms with Gasteiger partial charge in [0.2, 0.25) is 5.91 Å². The lowest BCUT2D eigenvalue weighted by atomic mass is 10.1. The Morgan fingerprint density at radius 2 is 2.15 bits per heavy atom. The van der Waals surface area contributed by atoms with Gasteiger partial charge in [-0.25, -0.2) is 4.98 Å². The maximum Gasteiger partial charge on any atom is 0.226 e. The topological polar surface area (TPSA) is 68.0 Å². The fourth-order valence-corrected chi connectivity index (χ4v) is 2.49. The fourth-order valence-electron chi connectivity index (χ4n) is 1.76. The largest absolute Gasteiger partial charge is 0.330 e. The molecule has 20 heavy (non-hydrogen) atoms. The zero-order valence-electron chi connectivity index (χ0n) is 11.3. The first-order valence-electron chi connectivity index (χ1n) is 6.22. The molecule has 0 saturated heterocycles. The van der Waals surface area contributed by atoms with E-state index < -0.39 is 0 Å². The Kier molecular flexibility index (Phi) is 6.64. The molecular formula is C14H18ClN3OS. The number of hydrogen-bond acceptors (Lipinski definition) is 4. The molecule has 1 aromatic heterocycles. The second-order valence-electron chi connectivity index (χ2n) is 4.29. The number of carbonyl (C=O) groups excluding carboxylic acids is 1. The van der Waals surface area contributed by atoms with Crippen molar-refractivity contribution in [1.82, 2.24) is 4.98 Å². The molecule has 0 atom stereocenters. The number of rotatable bonds is 5. The minimum atomic E-state index is -0.0314. The quantitative estimate of drug-likeness (QED) is 0.891. The standard InChI is InChI=1S/C14H17N3OS.ClH/c1-10-5-2-3-6-11(10)12-9-19-14(16-12)17-13(18)7-4-8-15;/h2-3,5-6,9H,4,7-8,15H2,1H3,(H,16,17,18);1H. The van der Waals surface area contributed by atoms with E-state index in [1.807, 2.05) is 36.6 Å². The van der Waals surface area contributed by atoms with Crippen molar-refractivity contribution in [3.63, 3.8) is 0 Å². The van der Waals surface area contributed by atoms with Crippen LogP contribution < -0.4 is 11.1 Å². The van der Waals surface area contributed by atoms with Crippen molar-refractivity contribution >= 4 is 34.8 Å². The molecule has 6 heteroatoms. The summed E-state index contributed by atoms with van der Waals surface area (Å²) in [5.41, 5.74) is 8.55. The number of halogens is 1. The van der Waals surface area contributed by atoms with Crippen LogP contribution in [-0.4, -0.2) is 17.4 Å². The van der Waals surface area contributed by atoms with Crippen molar-refractivity contribution in [1.29, 1.82) is 0 Å². The van der Waals surface area contributed by atoms with E-state index in [0.29, 0.717) is 24.5 Å². The van der Waals surface area contributed by atoms with Crippen LogP contribution in [0.1, 0.15) is 18.4 Å². The summed E-state index contributed by atoms with van der Waals surface area (Å²) in [6.45, 7) is 2.58. The lowest BCUT2D eigenvalue weighted by molar-refractivity contribution is -0.116. The van der Waals surface area contributed by atoms with Crippen LogP contribution in [0.3, 0.4) is 0 Å². The Morgan fingerprint density at radius 3 is 2.85 bits per heavy atom. The smallest absolute Gasteiger partial charge is 0.226 e. The SMILES string of the molecule is Cc1ccccc1-c1csc(NC(=O)CCCN)n1.Cl. The van der Waals surface area contributed by atoms with Gasteiger partial charge < -0.3 is 11.1 Å². The van der Waals surface area contributed by atoms with Crippen LogP contribution in [0.2, 0.25) is 0 Å². The van der Waals surface area contributed by atoms with E-state index in [4.69, 9.17) is 5.73 Å². The molecule has 0 fully saturated rings. The third-order valence-electron chi connectivity index (χ3n) is 2.78. The first kappa shape index (κ1) is 16.6.